The van der Waals surface area contributed by atoms with Gasteiger partial charge in [-0.15, -0.1) is 11.3 Å². The van der Waals surface area contributed by atoms with Crippen LogP contribution in [0.5, 0.6) is 0 Å². The molecule has 2 heterocycles. The molecular weight excluding hydrogens is 422 g/mol. The average molecular weight is 450 g/mol. The number of piperidine rings is 1. The molecule has 2 atom stereocenters. The number of nitrogens with zero attached hydrogens (tertiary/aromatic N) is 1. The highest BCUT2D eigenvalue weighted by atomic mass is 32.2. The summed E-state index contributed by atoms with van der Waals surface area (Å²) < 4.78 is 27.3. The van der Waals surface area contributed by atoms with Gasteiger partial charge in [0.15, 0.2) is 0 Å². The second kappa shape index (κ2) is 9.72. The van der Waals surface area contributed by atoms with Gasteiger partial charge < -0.3 is 10.6 Å². The van der Waals surface area contributed by atoms with Crippen LogP contribution in [0, 0.1) is 5.92 Å². The van der Waals surface area contributed by atoms with Crippen molar-refractivity contribution in [2.24, 2.45) is 5.92 Å². The molecule has 0 bridgehead atoms. The Morgan fingerprint density at radius 1 is 1.23 bits per heavy atom. The minimum atomic E-state index is -3.59. The van der Waals surface area contributed by atoms with E-state index in [-0.39, 0.29) is 28.6 Å². The van der Waals surface area contributed by atoms with E-state index in [1.807, 2.05) is 13.8 Å². The van der Waals surface area contributed by atoms with Gasteiger partial charge in [-0.25, -0.2) is 8.42 Å². The third-order valence-electron chi connectivity index (χ3n) is 5.26. The van der Waals surface area contributed by atoms with Crippen LogP contribution < -0.4 is 10.6 Å². The molecule has 0 radical (unpaired) electrons. The van der Waals surface area contributed by atoms with Crippen LogP contribution in [0.25, 0.3) is 0 Å². The van der Waals surface area contributed by atoms with E-state index >= 15 is 0 Å². The number of amides is 2. The van der Waals surface area contributed by atoms with Crippen molar-refractivity contribution in [1.29, 1.82) is 0 Å². The lowest BCUT2D eigenvalue weighted by Gasteiger charge is -2.31. The topological polar surface area (TPSA) is 95.6 Å². The zero-order chi connectivity index (χ0) is 21.7. The molecule has 1 fully saturated rings. The monoisotopic (exact) mass is 449 g/mol. The van der Waals surface area contributed by atoms with E-state index in [1.165, 1.54) is 15.6 Å². The van der Waals surface area contributed by atoms with Crippen LogP contribution >= 0.6 is 11.3 Å². The van der Waals surface area contributed by atoms with Crippen LogP contribution in [-0.4, -0.2) is 43.7 Å². The molecule has 0 aliphatic carbocycles. The van der Waals surface area contributed by atoms with E-state index in [2.05, 4.69) is 10.6 Å². The number of hydrogen-bond donors (Lipinski definition) is 2. The number of para-hydroxylation sites is 1. The summed E-state index contributed by atoms with van der Waals surface area (Å²) in [4.78, 5) is 25.5. The number of benzene rings is 1. The van der Waals surface area contributed by atoms with Crippen molar-refractivity contribution in [2.75, 3.05) is 18.4 Å². The number of rotatable bonds is 7. The Hall–Kier alpha value is -2.23. The summed E-state index contributed by atoms with van der Waals surface area (Å²) in [6.45, 7) is 4.44. The number of hydrogen-bond acceptors (Lipinski definition) is 5. The molecule has 2 amide bonds. The van der Waals surface area contributed by atoms with E-state index in [9.17, 15) is 18.0 Å². The Morgan fingerprint density at radius 2 is 2.00 bits per heavy atom. The fourth-order valence-corrected chi connectivity index (χ4v) is 6.01. The normalized spacial score (nSPS) is 18.5. The van der Waals surface area contributed by atoms with Crippen molar-refractivity contribution in [2.45, 2.75) is 43.4 Å². The second-order valence-electron chi connectivity index (χ2n) is 7.45. The first-order valence-corrected chi connectivity index (χ1v) is 12.4. The molecule has 1 aliphatic rings. The largest absolute Gasteiger partial charge is 0.350 e. The molecule has 162 valence electrons. The van der Waals surface area contributed by atoms with Gasteiger partial charge in [-0.05, 0) is 49.8 Å². The highest BCUT2D eigenvalue weighted by Gasteiger charge is 2.34. The maximum absolute atomic E-state index is 12.9. The highest BCUT2D eigenvalue weighted by Crippen LogP contribution is 2.27. The summed E-state index contributed by atoms with van der Waals surface area (Å²) in [5.74, 6) is -0.991. The summed E-state index contributed by atoms with van der Waals surface area (Å²) in [6.07, 6.45) is 2.01. The molecule has 0 unspecified atom stereocenters. The van der Waals surface area contributed by atoms with Gasteiger partial charge in [0.05, 0.1) is 17.2 Å². The van der Waals surface area contributed by atoms with Gasteiger partial charge in [0, 0.05) is 19.1 Å². The first kappa shape index (κ1) is 22.5. The van der Waals surface area contributed by atoms with Gasteiger partial charge in [0.1, 0.15) is 4.21 Å². The Balaban J connectivity index is 1.71. The maximum atomic E-state index is 12.9. The molecule has 9 heteroatoms. The number of carbonyl (C=O) groups excluding carboxylic acids is 2. The molecule has 2 aromatic rings. The van der Waals surface area contributed by atoms with Gasteiger partial charge in [-0.2, -0.15) is 4.31 Å². The lowest BCUT2D eigenvalue weighted by atomic mass is 9.98. The van der Waals surface area contributed by atoms with Crippen molar-refractivity contribution in [3.63, 3.8) is 0 Å². The van der Waals surface area contributed by atoms with Crippen LogP contribution in [0.4, 0.5) is 5.69 Å². The van der Waals surface area contributed by atoms with Crippen molar-refractivity contribution < 1.29 is 18.0 Å². The summed E-state index contributed by atoms with van der Waals surface area (Å²) in [6, 6.07) is 10.2. The number of thiophene rings is 1. The van der Waals surface area contributed by atoms with Gasteiger partial charge in [-0.1, -0.05) is 25.1 Å². The van der Waals surface area contributed by atoms with Crippen molar-refractivity contribution >= 4 is 38.9 Å². The lowest BCUT2D eigenvalue weighted by Crippen LogP contribution is -2.43. The average Bonchev–Trinajstić information content (AvgIpc) is 3.30. The minimum absolute atomic E-state index is 0.0237. The summed E-state index contributed by atoms with van der Waals surface area (Å²) in [7, 11) is -3.59. The lowest BCUT2D eigenvalue weighted by molar-refractivity contribution is -0.120. The van der Waals surface area contributed by atoms with E-state index in [1.54, 1.807) is 41.8 Å². The highest BCUT2D eigenvalue weighted by molar-refractivity contribution is 7.91. The molecule has 1 saturated heterocycles. The quantitative estimate of drug-likeness (QED) is 0.678. The van der Waals surface area contributed by atoms with Crippen molar-refractivity contribution in [1.82, 2.24) is 9.62 Å². The third kappa shape index (κ3) is 5.08. The molecule has 1 aromatic heterocycles. The Bertz CT molecular complexity index is 989. The Kier molecular flexibility index (Phi) is 7.27. The van der Waals surface area contributed by atoms with Gasteiger partial charge in [-0.3, -0.25) is 9.59 Å². The zero-order valence-corrected chi connectivity index (χ0v) is 18.8. The first-order chi connectivity index (χ1) is 14.3. The van der Waals surface area contributed by atoms with Gasteiger partial charge in [0.25, 0.3) is 15.9 Å². The first-order valence-electron chi connectivity index (χ1n) is 10.1. The predicted octanol–water partition coefficient (Wildman–Crippen LogP) is 3.32. The Morgan fingerprint density at radius 3 is 2.70 bits per heavy atom. The SMILES string of the molecule is CC[C@@H](C)NC(=O)c1ccccc1NC(=O)[C@H]1CCCN(S(=O)(=O)c2cccs2)C1. The van der Waals surface area contributed by atoms with Crippen LogP contribution in [0.2, 0.25) is 0 Å². The van der Waals surface area contributed by atoms with E-state index < -0.39 is 15.9 Å². The molecule has 0 spiro atoms. The number of carbonyl (C=O) groups is 2. The Labute approximate surface area is 181 Å². The zero-order valence-electron chi connectivity index (χ0n) is 17.1. The van der Waals surface area contributed by atoms with Gasteiger partial charge in [0.2, 0.25) is 5.91 Å². The number of sulfonamides is 1. The minimum Gasteiger partial charge on any atom is -0.350 e. The number of anilines is 1. The maximum Gasteiger partial charge on any atom is 0.253 e. The molecule has 7 nitrogen and oxygen atoms in total. The van der Waals surface area contributed by atoms with E-state index in [0.717, 1.165) is 6.42 Å². The number of nitrogens with one attached hydrogen (secondary N) is 2. The smallest absolute Gasteiger partial charge is 0.253 e. The summed E-state index contributed by atoms with van der Waals surface area (Å²) >= 11 is 1.17. The molecule has 1 aliphatic heterocycles. The fourth-order valence-electron chi connectivity index (χ4n) is 3.34. The van der Waals surface area contributed by atoms with Crippen LogP contribution in [0.3, 0.4) is 0 Å². The standard InChI is InChI=1S/C21H27N3O4S2/c1-3-15(2)22-21(26)17-9-4-5-10-18(17)23-20(25)16-8-6-12-24(14-16)30(27,28)19-11-7-13-29-19/h4-5,7,9-11,13,15-16H,3,6,8,12,14H2,1-2H3,(H,22,26)(H,23,25)/t15-,16+/m1/s1. The van der Waals surface area contributed by atoms with Crippen LogP contribution in [0.1, 0.15) is 43.5 Å². The summed E-state index contributed by atoms with van der Waals surface area (Å²) in [5.41, 5.74) is 0.826. The van der Waals surface area contributed by atoms with Crippen molar-refractivity contribution in [3.8, 4) is 0 Å². The molecule has 3 rings (SSSR count). The van der Waals surface area contributed by atoms with E-state index in [4.69, 9.17) is 0 Å². The molecule has 1 aromatic carbocycles. The predicted molar refractivity (Wildman–Crippen MR) is 118 cm³/mol. The summed E-state index contributed by atoms with van der Waals surface area (Å²) in [5, 5.41) is 7.47. The molecule has 2 N–H and O–H groups in total. The third-order valence-corrected chi connectivity index (χ3v) is 8.50. The van der Waals surface area contributed by atoms with Gasteiger partial charge >= 0.3 is 0 Å². The van der Waals surface area contributed by atoms with Crippen LogP contribution in [0.15, 0.2) is 46.0 Å². The van der Waals surface area contributed by atoms with Crippen molar-refractivity contribution in [3.05, 3.63) is 47.3 Å². The molecule has 0 saturated carbocycles. The molecular formula is C21H27N3O4S2. The van der Waals surface area contributed by atoms with E-state index in [0.29, 0.717) is 30.6 Å². The second-order valence-corrected chi connectivity index (χ2v) is 10.6. The van der Waals surface area contributed by atoms with Crippen LogP contribution in [-0.2, 0) is 14.8 Å². The molecule has 30 heavy (non-hydrogen) atoms. The fraction of sp³-hybridized carbons (Fsp3) is 0.429.